The summed E-state index contributed by atoms with van der Waals surface area (Å²) in [5, 5.41) is 0. The zero-order valence-corrected chi connectivity index (χ0v) is 17.8. The van der Waals surface area contributed by atoms with Crippen molar-refractivity contribution in [2.45, 2.75) is 19.1 Å². The van der Waals surface area contributed by atoms with Gasteiger partial charge in [-0.25, -0.2) is 4.79 Å². The van der Waals surface area contributed by atoms with Gasteiger partial charge in [-0.15, -0.1) is 0 Å². The van der Waals surface area contributed by atoms with Gasteiger partial charge in [-0.05, 0) is 47.0 Å². The van der Waals surface area contributed by atoms with E-state index in [-0.39, 0.29) is 12.1 Å². The van der Waals surface area contributed by atoms with E-state index in [1.807, 2.05) is 77.8 Å². The number of ether oxygens (including phenoxy) is 2. The molecule has 4 rings (SSSR count). The van der Waals surface area contributed by atoms with Crippen LogP contribution in [-0.2, 0) is 13.1 Å². The van der Waals surface area contributed by atoms with Crippen molar-refractivity contribution in [1.82, 2.24) is 9.80 Å². The lowest BCUT2D eigenvalue weighted by molar-refractivity contribution is 0.143. The molecule has 0 bridgehead atoms. The first kappa shape index (κ1) is 20.5. The standard InChI is InChI=1S/C26H26N2O3/c1-30-23-12-8-20(9-13-23)18-27-17-16-25(22-6-4-3-5-7-22)28(26(27)29)19-21-10-14-24(31-2)15-11-21/h3-17,25H,18-19H2,1-2H3/t25-/m1/s1. The molecule has 0 saturated heterocycles. The summed E-state index contributed by atoms with van der Waals surface area (Å²) in [6, 6.07) is 25.6. The van der Waals surface area contributed by atoms with Gasteiger partial charge in [0, 0.05) is 12.7 Å². The highest BCUT2D eigenvalue weighted by atomic mass is 16.5. The second-order valence-electron chi connectivity index (χ2n) is 7.43. The van der Waals surface area contributed by atoms with Crippen LogP contribution in [0.15, 0.2) is 91.1 Å². The van der Waals surface area contributed by atoms with E-state index in [0.29, 0.717) is 13.1 Å². The molecule has 0 aliphatic carbocycles. The van der Waals surface area contributed by atoms with Crippen molar-refractivity contribution in [1.29, 1.82) is 0 Å². The lowest BCUT2D eigenvalue weighted by Gasteiger charge is -2.38. The molecule has 1 aliphatic rings. The zero-order chi connectivity index (χ0) is 21.6. The first-order valence-electron chi connectivity index (χ1n) is 10.2. The molecule has 0 aromatic heterocycles. The Morgan fingerprint density at radius 3 is 1.84 bits per heavy atom. The third-order valence-corrected chi connectivity index (χ3v) is 5.44. The predicted molar refractivity (Wildman–Crippen MR) is 121 cm³/mol. The second-order valence-corrected chi connectivity index (χ2v) is 7.43. The van der Waals surface area contributed by atoms with Crippen LogP contribution in [0.4, 0.5) is 4.79 Å². The Bertz CT molecular complexity index is 1030. The van der Waals surface area contributed by atoms with E-state index in [1.165, 1.54) is 0 Å². The van der Waals surface area contributed by atoms with Gasteiger partial charge in [0.15, 0.2) is 0 Å². The first-order chi connectivity index (χ1) is 15.2. The van der Waals surface area contributed by atoms with Gasteiger partial charge in [-0.1, -0.05) is 54.6 Å². The number of urea groups is 1. The van der Waals surface area contributed by atoms with Crippen LogP contribution in [0.1, 0.15) is 22.7 Å². The van der Waals surface area contributed by atoms with Gasteiger partial charge < -0.3 is 14.4 Å². The number of amides is 2. The van der Waals surface area contributed by atoms with Crippen molar-refractivity contribution in [3.8, 4) is 11.5 Å². The highest BCUT2D eigenvalue weighted by molar-refractivity contribution is 5.77. The summed E-state index contributed by atoms with van der Waals surface area (Å²) in [4.78, 5) is 17.2. The maximum Gasteiger partial charge on any atom is 0.325 e. The molecule has 3 aromatic carbocycles. The number of hydrogen-bond acceptors (Lipinski definition) is 3. The molecule has 1 heterocycles. The molecule has 1 aliphatic heterocycles. The normalized spacial score (nSPS) is 15.8. The second kappa shape index (κ2) is 9.39. The van der Waals surface area contributed by atoms with E-state index >= 15 is 0 Å². The van der Waals surface area contributed by atoms with Gasteiger partial charge in [-0.2, -0.15) is 0 Å². The summed E-state index contributed by atoms with van der Waals surface area (Å²) in [5.74, 6) is 1.60. The van der Waals surface area contributed by atoms with Crippen molar-refractivity contribution >= 4 is 6.03 Å². The van der Waals surface area contributed by atoms with Crippen molar-refractivity contribution in [3.05, 3.63) is 108 Å². The Morgan fingerprint density at radius 2 is 1.29 bits per heavy atom. The van der Waals surface area contributed by atoms with Gasteiger partial charge in [0.1, 0.15) is 11.5 Å². The van der Waals surface area contributed by atoms with Crippen LogP contribution in [0.25, 0.3) is 0 Å². The van der Waals surface area contributed by atoms with Crippen LogP contribution in [0.3, 0.4) is 0 Å². The van der Waals surface area contributed by atoms with Crippen molar-refractivity contribution in [2.24, 2.45) is 0 Å². The van der Waals surface area contributed by atoms with E-state index < -0.39 is 0 Å². The maximum atomic E-state index is 13.5. The fraction of sp³-hybridized carbons (Fsp3) is 0.192. The average Bonchev–Trinajstić information content (AvgIpc) is 2.83. The molecule has 1 atom stereocenters. The Labute approximate surface area is 183 Å². The monoisotopic (exact) mass is 414 g/mol. The number of rotatable bonds is 7. The van der Waals surface area contributed by atoms with Crippen LogP contribution in [0, 0.1) is 0 Å². The van der Waals surface area contributed by atoms with E-state index in [2.05, 4.69) is 18.2 Å². The fourth-order valence-electron chi connectivity index (χ4n) is 3.72. The smallest absolute Gasteiger partial charge is 0.325 e. The van der Waals surface area contributed by atoms with Crippen LogP contribution in [0.5, 0.6) is 11.5 Å². The van der Waals surface area contributed by atoms with Gasteiger partial charge in [0.2, 0.25) is 0 Å². The third-order valence-electron chi connectivity index (χ3n) is 5.44. The fourth-order valence-corrected chi connectivity index (χ4v) is 3.72. The molecule has 0 fully saturated rings. The quantitative estimate of drug-likeness (QED) is 0.520. The molecule has 0 radical (unpaired) electrons. The molecule has 5 heteroatoms. The number of hydrogen-bond donors (Lipinski definition) is 0. The highest BCUT2D eigenvalue weighted by Gasteiger charge is 2.30. The molecule has 3 aromatic rings. The summed E-state index contributed by atoms with van der Waals surface area (Å²) in [5.41, 5.74) is 3.18. The Kier molecular flexibility index (Phi) is 6.22. The third kappa shape index (κ3) is 4.72. The molecule has 5 nitrogen and oxygen atoms in total. The van der Waals surface area contributed by atoms with Gasteiger partial charge in [0.25, 0.3) is 0 Å². The van der Waals surface area contributed by atoms with Gasteiger partial charge in [0.05, 0.1) is 26.8 Å². The maximum absolute atomic E-state index is 13.5. The number of carbonyl (C=O) groups excluding carboxylic acids is 1. The SMILES string of the molecule is COc1ccc(CN2C=C[C@H](c3ccccc3)N(Cc3ccc(OC)cc3)C2=O)cc1. The van der Waals surface area contributed by atoms with E-state index in [0.717, 1.165) is 28.2 Å². The van der Waals surface area contributed by atoms with Gasteiger partial charge in [-0.3, -0.25) is 4.90 Å². The average molecular weight is 415 g/mol. The van der Waals surface area contributed by atoms with E-state index in [1.54, 1.807) is 19.1 Å². The van der Waals surface area contributed by atoms with Crippen LogP contribution in [0.2, 0.25) is 0 Å². The minimum atomic E-state index is -0.122. The van der Waals surface area contributed by atoms with E-state index in [4.69, 9.17) is 9.47 Å². The van der Waals surface area contributed by atoms with Crippen molar-refractivity contribution in [2.75, 3.05) is 14.2 Å². The minimum Gasteiger partial charge on any atom is -0.497 e. The number of nitrogens with zero attached hydrogens (tertiary/aromatic N) is 2. The predicted octanol–water partition coefficient (Wildman–Crippen LogP) is 5.40. The molecule has 31 heavy (non-hydrogen) atoms. The summed E-state index contributed by atoms with van der Waals surface area (Å²) >= 11 is 0. The van der Waals surface area contributed by atoms with Crippen LogP contribution in [-0.4, -0.2) is 30.1 Å². The number of carbonyl (C=O) groups is 1. The molecule has 2 amide bonds. The number of benzene rings is 3. The molecular weight excluding hydrogens is 388 g/mol. The summed E-state index contributed by atoms with van der Waals surface area (Å²) < 4.78 is 10.5. The summed E-state index contributed by atoms with van der Waals surface area (Å²) in [6.45, 7) is 1.01. The van der Waals surface area contributed by atoms with Gasteiger partial charge >= 0.3 is 6.03 Å². The van der Waals surface area contributed by atoms with E-state index in [9.17, 15) is 4.79 Å². The molecule has 0 saturated carbocycles. The minimum absolute atomic E-state index is 0.0250. The number of methoxy groups -OCH3 is 2. The topological polar surface area (TPSA) is 42.0 Å². The zero-order valence-electron chi connectivity index (χ0n) is 17.8. The Morgan fingerprint density at radius 1 is 0.742 bits per heavy atom. The first-order valence-corrected chi connectivity index (χ1v) is 10.2. The van der Waals surface area contributed by atoms with Crippen molar-refractivity contribution in [3.63, 3.8) is 0 Å². The summed E-state index contributed by atoms with van der Waals surface area (Å²) in [7, 11) is 3.29. The highest BCUT2D eigenvalue weighted by Crippen LogP contribution is 2.30. The van der Waals surface area contributed by atoms with Crippen LogP contribution >= 0.6 is 0 Å². The lowest BCUT2D eigenvalue weighted by atomic mass is 10.0. The lowest BCUT2D eigenvalue weighted by Crippen LogP contribution is -2.44. The largest absolute Gasteiger partial charge is 0.497 e. The molecule has 0 unspecified atom stereocenters. The Balaban J connectivity index is 1.60. The molecule has 0 N–H and O–H groups in total. The molecule has 0 spiro atoms. The molecular formula is C26H26N2O3. The molecule has 158 valence electrons. The van der Waals surface area contributed by atoms with Crippen molar-refractivity contribution < 1.29 is 14.3 Å². The Hall–Kier alpha value is -3.73. The van der Waals surface area contributed by atoms with Crippen LogP contribution < -0.4 is 9.47 Å². The summed E-state index contributed by atoms with van der Waals surface area (Å²) in [6.07, 6.45) is 3.98.